The highest BCUT2D eigenvalue weighted by Crippen LogP contribution is 2.43. The molecule has 0 spiro atoms. The minimum Gasteiger partial charge on any atom is -0.384 e. The lowest BCUT2D eigenvalue weighted by molar-refractivity contribution is 0.0423. The van der Waals surface area contributed by atoms with Crippen LogP contribution in [0.1, 0.15) is 18.9 Å². The lowest BCUT2D eigenvalue weighted by Crippen LogP contribution is -2.31. The lowest BCUT2D eigenvalue weighted by atomic mass is 9.88. The Hall–Kier alpha value is -0.610. The van der Waals surface area contributed by atoms with Gasteiger partial charge in [0.15, 0.2) is 11.6 Å². The number of benzene rings is 1. The van der Waals surface area contributed by atoms with E-state index in [4.69, 9.17) is 0 Å². The average Bonchev–Trinajstić information content (AvgIpc) is 2.53. The highest BCUT2D eigenvalue weighted by atomic mass is 32.2. The van der Waals surface area contributed by atoms with Crippen molar-refractivity contribution in [2.45, 2.75) is 24.2 Å². The fraction of sp³-hybridized carbons (Fsp3) is 0.455. The summed E-state index contributed by atoms with van der Waals surface area (Å²) < 4.78 is 25.8. The molecule has 0 aliphatic carbocycles. The molecule has 1 aromatic rings. The van der Waals surface area contributed by atoms with E-state index in [-0.39, 0.29) is 5.25 Å². The molecular weight excluding hydrogens is 218 g/mol. The van der Waals surface area contributed by atoms with Crippen molar-refractivity contribution in [1.29, 1.82) is 0 Å². The van der Waals surface area contributed by atoms with Crippen LogP contribution in [-0.4, -0.2) is 16.1 Å². The summed E-state index contributed by atoms with van der Waals surface area (Å²) in [5, 5.41) is 10.4. The monoisotopic (exact) mass is 230 g/mol. The Morgan fingerprint density at radius 1 is 1.40 bits per heavy atom. The smallest absolute Gasteiger partial charge is 0.159 e. The number of hydrogen-bond donors (Lipinski definition) is 1. The molecule has 1 aliphatic rings. The summed E-state index contributed by atoms with van der Waals surface area (Å²) in [7, 11) is 0. The van der Waals surface area contributed by atoms with Gasteiger partial charge in [-0.25, -0.2) is 8.78 Å². The zero-order valence-corrected chi connectivity index (χ0v) is 9.15. The first kappa shape index (κ1) is 10.9. The maximum atomic E-state index is 13.0. The first-order valence-corrected chi connectivity index (χ1v) is 5.88. The standard InChI is InChI=1S/C11H12F2OS/c1-7-11(14,4-5-15-7)8-2-3-9(12)10(13)6-8/h2-3,6-7,14H,4-5H2,1H3. The van der Waals surface area contributed by atoms with E-state index >= 15 is 0 Å². The second-order valence-electron chi connectivity index (χ2n) is 3.82. The fourth-order valence-electron chi connectivity index (χ4n) is 1.88. The van der Waals surface area contributed by atoms with Gasteiger partial charge < -0.3 is 5.11 Å². The quantitative estimate of drug-likeness (QED) is 0.800. The van der Waals surface area contributed by atoms with E-state index in [0.29, 0.717) is 12.0 Å². The molecule has 0 amide bonds. The van der Waals surface area contributed by atoms with Crippen LogP contribution in [0.4, 0.5) is 8.78 Å². The van der Waals surface area contributed by atoms with Crippen LogP contribution < -0.4 is 0 Å². The number of hydrogen-bond acceptors (Lipinski definition) is 2. The van der Waals surface area contributed by atoms with Crippen LogP contribution in [0.25, 0.3) is 0 Å². The normalized spacial score (nSPS) is 30.8. The van der Waals surface area contributed by atoms with Gasteiger partial charge >= 0.3 is 0 Å². The van der Waals surface area contributed by atoms with Gasteiger partial charge in [0.1, 0.15) is 5.60 Å². The van der Waals surface area contributed by atoms with Crippen LogP contribution in [0.5, 0.6) is 0 Å². The van der Waals surface area contributed by atoms with Crippen LogP contribution >= 0.6 is 11.8 Å². The van der Waals surface area contributed by atoms with Gasteiger partial charge in [-0.3, -0.25) is 0 Å². The molecule has 15 heavy (non-hydrogen) atoms. The molecule has 1 fully saturated rings. The molecule has 1 nitrogen and oxygen atoms in total. The Morgan fingerprint density at radius 2 is 2.13 bits per heavy atom. The van der Waals surface area contributed by atoms with E-state index in [1.807, 2.05) is 6.92 Å². The van der Waals surface area contributed by atoms with Crippen molar-refractivity contribution in [3.05, 3.63) is 35.4 Å². The van der Waals surface area contributed by atoms with Crippen LogP contribution in [0.3, 0.4) is 0 Å². The SMILES string of the molecule is CC1SCCC1(O)c1ccc(F)c(F)c1. The van der Waals surface area contributed by atoms with Gasteiger partial charge in [-0.05, 0) is 29.9 Å². The van der Waals surface area contributed by atoms with Gasteiger partial charge in [0.2, 0.25) is 0 Å². The van der Waals surface area contributed by atoms with E-state index < -0.39 is 17.2 Å². The molecule has 2 rings (SSSR count). The van der Waals surface area contributed by atoms with Gasteiger partial charge in [0.05, 0.1) is 0 Å². The minimum absolute atomic E-state index is 0.0161. The molecule has 1 aromatic carbocycles. The first-order valence-electron chi connectivity index (χ1n) is 4.83. The highest BCUT2D eigenvalue weighted by molar-refractivity contribution is 8.00. The van der Waals surface area contributed by atoms with Crippen molar-refractivity contribution in [3.63, 3.8) is 0 Å². The molecule has 82 valence electrons. The van der Waals surface area contributed by atoms with Crippen LogP contribution in [-0.2, 0) is 5.60 Å². The minimum atomic E-state index is -1.01. The van der Waals surface area contributed by atoms with Gasteiger partial charge in [-0.2, -0.15) is 11.8 Å². The van der Waals surface area contributed by atoms with Gasteiger partial charge in [-0.1, -0.05) is 13.0 Å². The lowest BCUT2D eigenvalue weighted by Gasteiger charge is -2.27. The maximum Gasteiger partial charge on any atom is 0.159 e. The van der Waals surface area contributed by atoms with Crippen molar-refractivity contribution in [2.75, 3.05) is 5.75 Å². The molecule has 0 saturated carbocycles. The summed E-state index contributed by atoms with van der Waals surface area (Å²) in [6.07, 6.45) is 0.587. The van der Waals surface area contributed by atoms with E-state index in [1.165, 1.54) is 6.07 Å². The van der Waals surface area contributed by atoms with Crippen molar-refractivity contribution in [3.8, 4) is 0 Å². The maximum absolute atomic E-state index is 13.0. The zero-order valence-electron chi connectivity index (χ0n) is 8.34. The number of thioether (sulfide) groups is 1. The summed E-state index contributed by atoms with van der Waals surface area (Å²) in [6.45, 7) is 1.90. The number of halogens is 2. The van der Waals surface area contributed by atoms with Crippen LogP contribution in [0.2, 0.25) is 0 Å². The number of rotatable bonds is 1. The first-order chi connectivity index (χ1) is 7.04. The summed E-state index contributed by atoms with van der Waals surface area (Å²) in [5.74, 6) is -0.929. The molecule has 1 N–H and O–H groups in total. The Morgan fingerprint density at radius 3 is 2.67 bits per heavy atom. The molecule has 0 radical (unpaired) electrons. The largest absolute Gasteiger partial charge is 0.384 e. The van der Waals surface area contributed by atoms with Crippen molar-refractivity contribution in [2.24, 2.45) is 0 Å². The average molecular weight is 230 g/mol. The Balaban J connectivity index is 2.40. The van der Waals surface area contributed by atoms with Crippen LogP contribution in [0.15, 0.2) is 18.2 Å². The van der Waals surface area contributed by atoms with Crippen molar-refractivity contribution in [1.82, 2.24) is 0 Å². The summed E-state index contributed by atoms with van der Waals surface area (Å²) >= 11 is 1.64. The molecule has 2 unspecified atom stereocenters. The molecule has 0 aromatic heterocycles. The molecule has 1 aliphatic heterocycles. The molecular formula is C11H12F2OS. The van der Waals surface area contributed by atoms with Crippen molar-refractivity contribution >= 4 is 11.8 Å². The van der Waals surface area contributed by atoms with E-state index in [1.54, 1.807) is 11.8 Å². The van der Waals surface area contributed by atoms with Crippen molar-refractivity contribution < 1.29 is 13.9 Å². The summed E-state index contributed by atoms with van der Waals surface area (Å²) in [5.41, 5.74) is -0.543. The van der Waals surface area contributed by atoms with E-state index in [9.17, 15) is 13.9 Å². The van der Waals surface area contributed by atoms with Gasteiger partial charge in [-0.15, -0.1) is 0 Å². The third kappa shape index (κ3) is 1.76. The molecule has 4 heteroatoms. The summed E-state index contributed by atoms with van der Waals surface area (Å²) in [6, 6.07) is 3.62. The molecule has 1 saturated heterocycles. The van der Waals surface area contributed by atoms with E-state index in [2.05, 4.69) is 0 Å². The fourth-order valence-corrected chi connectivity index (χ4v) is 3.19. The number of aliphatic hydroxyl groups is 1. The predicted molar refractivity (Wildman–Crippen MR) is 56.8 cm³/mol. The Labute approximate surface area is 91.5 Å². The second-order valence-corrected chi connectivity index (χ2v) is 5.26. The third-order valence-corrected chi connectivity index (χ3v) is 4.27. The van der Waals surface area contributed by atoms with Gasteiger partial charge in [0.25, 0.3) is 0 Å². The summed E-state index contributed by atoms with van der Waals surface area (Å²) in [4.78, 5) is 0. The molecule has 1 heterocycles. The molecule has 2 atom stereocenters. The van der Waals surface area contributed by atoms with Gasteiger partial charge in [0, 0.05) is 5.25 Å². The van der Waals surface area contributed by atoms with E-state index in [0.717, 1.165) is 17.9 Å². The zero-order chi connectivity index (χ0) is 11.1. The second kappa shape index (κ2) is 3.76. The predicted octanol–water partition coefficient (Wildman–Crippen LogP) is 2.68. The Kier molecular flexibility index (Phi) is 2.73. The molecule has 0 bridgehead atoms. The Bertz CT molecular complexity index is 383. The van der Waals surface area contributed by atoms with Crippen LogP contribution in [0, 0.1) is 11.6 Å². The highest BCUT2D eigenvalue weighted by Gasteiger charge is 2.40. The topological polar surface area (TPSA) is 20.2 Å². The third-order valence-electron chi connectivity index (χ3n) is 2.94.